The first-order valence-corrected chi connectivity index (χ1v) is 10.7. The summed E-state index contributed by atoms with van der Waals surface area (Å²) in [5.74, 6) is 0.450. The highest BCUT2D eigenvalue weighted by Gasteiger charge is 2.33. The normalized spacial score (nSPS) is 17.1. The number of thiophene rings is 2. The molecule has 0 unspecified atom stereocenters. The molecule has 1 aliphatic rings. The van der Waals surface area contributed by atoms with Crippen LogP contribution in [-0.4, -0.2) is 5.91 Å². The van der Waals surface area contributed by atoms with Crippen LogP contribution < -0.4 is 5.32 Å². The molecule has 0 spiro atoms. The van der Waals surface area contributed by atoms with Crippen LogP contribution in [0.2, 0.25) is 0 Å². The highest BCUT2D eigenvalue weighted by molar-refractivity contribution is 7.16. The maximum absolute atomic E-state index is 12.3. The number of fused-ring (bicyclic) bond motifs is 1. The van der Waals surface area contributed by atoms with Crippen LogP contribution >= 0.6 is 22.7 Å². The first-order chi connectivity index (χ1) is 12.4. The average molecular weight is 385 g/mol. The smallest absolute Gasteiger partial charge is 0.249 e. The summed E-state index contributed by atoms with van der Waals surface area (Å²) in [5.41, 5.74) is 2.12. The van der Waals surface area contributed by atoms with Crippen molar-refractivity contribution >= 4 is 39.7 Å². The first-order valence-electron chi connectivity index (χ1n) is 9.01. The van der Waals surface area contributed by atoms with E-state index >= 15 is 0 Å². The number of anilines is 1. The van der Waals surface area contributed by atoms with Crippen molar-refractivity contribution in [1.29, 1.82) is 5.26 Å². The molecule has 0 saturated heterocycles. The molecule has 1 N–H and O–H groups in total. The van der Waals surface area contributed by atoms with Crippen molar-refractivity contribution in [3.63, 3.8) is 0 Å². The summed E-state index contributed by atoms with van der Waals surface area (Å²) in [5, 5.41) is 15.2. The molecule has 0 radical (unpaired) electrons. The van der Waals surface area contributed by atoms with Crippen LogP contribution in [0.15, 0.2) is 23.6 Å². The molecule has 0 bridgehead atoms. The van der Waals surface area contributed by atoms with E-state index in [1.54, 1.807) is 28.7 Å². The topological polar surface area (TPSA) is 52.9 Å². The lowest BCUT2D eigenvalue weighted by molar-refractivity contribution is -0.111. The SMILES string of the molecule is CCC(C)(C)[C@H]1CCc2c(sc(NC(=O)/C=C\c3cccs3)c2C#N)C1. The molecule has 26 heavy (non-hydrogen) atoms. The summed E-state index contributed by atoms with van der Waals surface area (Å²) < 4.78 is 0. The zero-order chi connectivity index (χ0) is 18.7. The number of hydrogen-bond donors (Lipinski definition) is 1. The first kappa shape index (κ1) is 18.9. The van der Waals surface area contributed by atoms with Crippen LogP contribution in [-0.2, 0) is 17.6 Å². The molecule has 2 aromatic rings. The lowest BCUT2D eigenvalue weighted by Crippen LogP contribution is -2.28. The largest absolute Gasteiger partial charge is 0.313 e. The Hall–Kier alpha value is -1.90. The minimum atomic E-state index is -0.182. The van der Waals surface area contributed by atoms with Crippen molar-refractivity contribution in [2.45, 2.75) is 46.5 Å². The van der Waals surface area contributed by atoms with Crippen molar-refractivity contribution < 1.29 is 4.79 Å². The predicted molar refractivity (Wildman–Crippen MR) is 111 cm³/mol. The Morgan fingerprint density at radius 1 is 1.50 bits per heavy atom. The van der Waals surface area contributed by atoms with Crippen molar-refractivity contribution in [2.75, 3.05) is 5.32 Å². The number of rotatable bonds is 5. The molecule has 136 valence electrons. The molecule has 0 aromatic carbocycles. The lowest BCUT2D eigenvalue weighted by Gasteiger charge is -2.36. The summed E-state index contributed by atoms with van der Waals surface area (Å²) in [6.45, 7) is 6.91. The van der Waals surface area contributed by atoms with E-state index in [0.29, 0.717) is 21.9 Å². The highest BCUT2D eigenvalue weighted by atomic mass is 32.1. The maximum atomic E-state index is 12.3. The number of carbonyl (C=O) groups is 1. The summed E-state index contributed by atoms with van der Waals surface area (Å²) in [4.78, 5) is 14.6. The second kappa shape index (κ2) is 7.77. The van der Waals surface area contributed by atoms with Crippen molar-refractivity contribution in [3.8, 4) is 6.07 Å². The van der Waals surface area contributed by atoms with E-state index in [4.69, 9.17) is 0 Å². The van der Waals surface area contributed by atoms with Crippen LogP contribution in [0, 0.1) is 22.7 Å². The van der Waals surface area contributed by atoms with Gasteiger partial charge in [0.25, 0.3) is 0 Å². The molecule has 1 atom stereocenters. The number of nitrogens with one attached hydrogen (secondary N) is 1. The van der Waals surface area contributed by atoms with Crippen molar-refractivity contribution in [2.24, 2.45) is 11.3 Å². The Bertz CT molecular complexity index is 853. The third-order valence-electron chi connectivity index (χ3n) is 5.57. The van der Waals surface area contributed by atoms with Gasteiger partial charge in [-0.3, -0.25) is 4.79 Å². The van der Waals surface area contributed by atoms with Gasteiger partial charge in [0, 0.05) is 15.8 Å². The zero-order valence-electron chi connectivity index (χ0n) is 15.5. The molecule has 0 aliphatic heterocycles. The third-order valence-corrected chi connectivity index (χ3v) is 7.58. The van der Waals surface area contributed by atoms with Gasteiger partial charge in [0.1, 0.15) is 11.1 Å². The molecule has 1 amide bonds. The summed E-state index contributed by atoms with van der Waals surface area (Å²) in [7, 11) is 0. The van der Waals surface area contributed by atoms with Gasteiger partial charge in [-0.15, -0.1) is 22.7 Å². The average Bonchev–Trinajstić information content (AvgIpc) is 3.26. The molecule has 2 heterocycles. The van der Waals surface area contributed by atoms with Gasteiger partial charge in [0.2, 0.25) is 5.91 Å². The van der Waals surface area contributed by atoms with E-state index in [-0.39, 0.29) is 5.91 Å². The quantitative estimate of drug-likeness (QED) is 0.655. The van der Waals surface area contributed by atoms with Crippen molar-refractivity contribution in [1.82, 2.24) is 0 Å². The van der Waals surface area contributed by atoms with Gasteiger partial charge < -0.3 is 5.32 Å². The van der Waals surface area contributed by atoms with Gasteiger partial charge >= 0.3 is 0 Å². The Morgan fingerprint density at radius 2 is 2.31 bits per heavy atom. The van der Waals surface area contributed by atoms with Crippen LogP contribution in [0.3, 0.4) is 0 Å². The third kappa shape index (κ3) is 3.92. The van der Waals surface area contributed by atoms with E-state index in [1.165, 1.54) is 11.0 Å². The Morgan fingerprint density at radius 3 is 2.96 bits per heavy atom. The van der Waals surface area contributed by atoms with Gasteiger partial charge in [0.15, 0.2) is 0 Å². The summed E-state index contributed by atoms with van der Waals surface area (Å²) >= 11 is 3.17. The predicted octanol–water partition coefficient (Wildman–Crippen LogP) is 5.87. The maximum Gasteiger partial charge on any atom is 0.249 e. The Balaban J connectivity index is 1.78. The summed E-state index contributed by atoms with van der Waals surface area (Å²) in [6.07, 6.45) is 7.56. The fourth-order valence-electron chi connectivity index (χ4n) is 3.45. The Labute approximate surface area is 163 Å². The second-order valence-corrected chi connectivity index (χ2v) is 9.52. The zero-order valence-corrected chi connectivity index (χ0v) is 17.1. The Kier molecular flexibility index (Phi) is 5.64. The molecule has 3 rings (SSSR count). The standard InChI is InChI=1S/C21H24N2OS2/c1-4-21(2,3)14-7-9-16-17(13-22)20(26-18(16)12-14)23-19(24)10-8-15-6-5-11-25-15/h5-6,8,10-11,14H,4,7,9,12H2,1-3H3,(H,23,24)/b10-8-/t14-/m0/s1. The van der Waals surface area contributed by atoms with E-state index < -0.39 is 0 Å². The number of nitrogens with zero attached hydrogens (tertiary/aromatic N) is 1. The molecule has 1 aliphatic carbocycles. The summed E-state index contributed by atoms with van der Waals surface area (Å²) in [6, 6.07) is 6.24. The molecule has 2 aromatic heterocycles. The van der Waals surface area contributed by atoms with Gasteiger partial charge in [0.05, 0.1) is 5.56 Å². The van der Waals surface area contributed by atoms with Crippen LogP contribution in [0.5, 0.6) is 0 Å². The van der Waals surface area contributed by atoms with E-state index in [1.807, 2.05) is 17.5 Å². The van der Waals surface area contributed by atoms with Crippen LogP contribution in [0.1, 0.15) is 54.5 Å². The van der Waals surface area contributed by atoms with E-state index in [9.17, 15) is 10.1 Å². The molecule has 5 heteroatoms. The minimum Gasteiger partial charge on any atom is -0.313 e. The lowest BCUT2D eigenvalue weighted by atomic mass is 9.69. The number of hydrogen-bond acceptors (Lipinski definition) is 4. The van der Waals surface area contributed by atoms with E-state index in [2.05, 4.69) is 32.2 Å². The minimum absolute atomic E-state index is 0.182. The molecule has 0 fully saturated rings. The van der Waals surface area contributed by atoms with Gasteiger partial charge in [-0.1, -0.05) is 33.3 Å². The molecular formula is C21H24N2OS2. The van der Waals surface area contributed by atoms with Crippen LogP contribution in [0.25, 0.3) is 6.08 Å². The van der Waals surface area contributed by atoms with Crippen molar-refractivity contribution in [3.05, 3.63) is 44.5 Å². The number of amides is 1. The fraction of sp³-hybridized carbons (Fsp3) is 0.429. The highest BCUT2D eigenvalue weighted by Crippen LogP contribution is 2.45. The molecule has 0 saturated carbocycles. The number of nitriles is 1. The molecule has 3 nitrogen and oxygen atoms in total. The van der Waals surface area contributed by atoms with Gasteiger partial charge in [-0.05, 0) is 53.7 Å². The van der Waals surface area contributed by atoms with Gasteiger partial charge in [-0.25, -0.2) is 0 Å². The second-order valence-electron chi connectivity index (χ2n) is 7.44. The van der Waals surface area contributed by atoms with Crippen LogP contribution in [0.4, 0.5) is 5.00 Å². The monoisotopic (exact) mass is 384 g/mol. The number of carbonyl (C=O) groups excluding carboxylic acids is 1. The fourth-order valence-corrected chi connectivity index (χ4v) is 5.34. The van der Waals surface area contributed by atoms with E-state index in [0.717, 1.165) is 36.1 Å². The van der Waals surface area contributed by atoms with Gasteiger partial charge in [-0.2, -0.15) is 5.26 Å². The molecular weight excluding hydrogens is 360 g/mol.